The molecule has 110 valence electrons. The van der Waals surface area contributed by atoms with Gasteiger partial charge in [-0.2, -0.15) is 0 Å². The summed E-state index contributed by atoms with van der Waals surface area (Å²) in [6.07, 6.45) is -0.153. The summed E-state index contributed by atoms with van der Waals surface area (Å²) < 4.78 is 6.27. The highest BCUT2D eigenvalue weighted by Crippen LogP contribution is 2.11. The van der Waals surface area contributed by atoms with Crippen molar-refractivity contribution in [3.8, 4) is 0 Å². The summed E-state index contributed by atoms with van der Waals surface area (Å²) in [6, 6.07) is 17.2. The number of hydrogen-bond donors (Lipinski definition) is 1. The van der Waals surface area contributed by atoms with Crippen LogP contribution in [0.4, 0.5) is 5.69 Å². The number of anilines is 1. The molecule has 0 saturated carbocycles. The molecule has 0 fully saturated rings. The number of nitrogens with one attached hydrogen (secondary N) is 1. The lowest BCUT2D eigenvalue weighted by molar-refractivity contribution is 0.0380. The molecule has 1 unspecified atom stereocenters. The third-order valence-corrected chi connectivity index (χ3v) is 4.02. The van der Waals surface area contributed by atoms with Gasteiger partial charge in [0, 0.05) is 10.1 Å². The molecule has 3 nitrogen and oxygen atoms in total. The SMILES string of the molecule is Cc1ccc(NCC(CI)OC(=O)c2ccccc2)cc1. The molecule has 0 aromatic heterocycles. The monoisotopic (exact) mass is 395 g/mol. The van der Waals surface area contributed by atoms with Crippen LogP contribution < -0.4 is 5.32 Å². The van der Waals surface area contributed by atoms with E-state index in [1.165, 1.54) is 5.56 Å². The van der Waals surface area contributed by atoms with Crippen LogP contribution in [0.1, 0.15) is 15.9 Å². The molecule has 1 atom stereocenters. The topological polar surface area (TPSA) is 38.3 Å². The Bertz CT molecular complexity index is 569. The van der Waals surface area contributed by atoms with Gasteiger partial charge in [-0.15, -0.1) is 0 Å². The first kappa shape index (κ1) is 15.8. The Morgan fingerprint density at radius 3 is 2.43 bits per heavy atom. The average Bonchev–Trinajstić information content (AvgIpc) is 2.53. The first-order valence-corrected chi connectivity index (χ1v) is 8.34. The molecule has 0 aliphatic carbocycles. The maximum absolute atomic E-state index is 12.0. The van der Waals surface area contributed by atoms with Gasteiger partial charge in [0.25, 0.3) is 0 Å². The van der Waals surface area contributed by atoms with Crippen LogP contribution >= 0.6 is 22.6 Å². The summed E-state index contributed by atoms with van der Waals surface area (Å²) in [7, 11) is 0. The van der Waals surface area contributed by atoms with E-state index in [4.69, 9.17) is 4.74 Å². The molecule has 0 aliphatic rings. The molecular formula is C17H18INO2. The van der Waals surface area contributed by atoms with Gasteiger partial charge >= 0.3 is 5.97 Å². The van der Waals surface area contributed by atoms with Crippen LogP contribution in [0.2, 0.25) is 0 Å². The van der Waals surface area contributed by atoms with Crippen molar-refractivity contribution in [1.82, 2.24) is 0 Å². The Labute approximate surface area is 138 Å². The van der Waals surface area contributed by atoms with Crippen molar-refractivity contribution in [2.24, 2.45) is 0 Å². The standard InChI is InChI=1S/C17H18INO2/c1-13-7-9-15(10-8-13)19-12-16(11-18)21-17(20)14-5-3-2-4-6-14/h2-10,16,19H,11-12H2,1H3. The van der Waals surface area contributed by atoms with Crippen LogP contribution in [0.3, 0.4) is 0 Å². The minimum atomic E-state index is -0.275. The van der Waals surface area contributed by atoms with Crippen molar-refractivity contribution in [3.05, 3.63) is 65.7 Å². The van der Waals surface area contributed by atoms with Gasteiger partial charge in [0.05, 0.1) is 12.1 Å². The van der Waals surface area contributed by atoms with Crippen LogP contribution in [0.15, 0.2) is 54.6 Å². The zero-order valence-corrected chi connectivity index (χ0v) is 14.0. The number of ether oxygens (including phenoxy) is 1. The number of carbonyl (C=O) groups is 1. The maximum atomic E-state index is 12.0. The highest BCUT2D eigenvalue weighted by Gasteiger charge is 2.14. The van der Waals surface area contributed by atoms with Crippen molar-refractivity contribution in [3.63, 3.8) is 0 Å². The van der Waals surface area contributed by atoms with E-state index in [1.807, 2.05) is 30.3 Å². The first-order valence-electron chi connectivity index (χ1n) is 6.81. The fourth-order valence-corrected chi connectivity index (χ4v) is 2.32. The number of halogens is 1. The molecule has 21 heavy (non-hydrogen) atoms. The molecule has 1 N–H and O–H groups in total. The normalized spacial score (nSPS) is 11.7. The largest absolute Gasteiger partial charge is 0.456 e. The fourth-order valence-electron chi connectivity index (χ4n) is 1.82. The Balaban J connectivity index is 1.88. The number of aryl methyl sites for hydroxylation is 1. The molecule has 2 aromatic carbocycles. The van der Waals surface area contributed by atoms with Crippen molar-refractivity contribution in [2.75, 3.05) is 16.3 Å². The minimum absolute atomic E-state index is 0.153. The van der Waals surface area contributed by atoms with Crippen LogP contribution in [-0.4, -0.2) is 23.0 Å². The second kappa shape index (κ2) is 8.02. The number of carbonyl (C=O) groups excluding carboxylic acids is 1. The summed E-state index contributed by atoms with van der Waals surface area (Å²) in [5.74, 6) is -0.275. The third-order valence-electron chi connectivity index (χ3n) is 3.04. The Kier molecular flexibility index (Phi) is 6.04. The lowest BCUT2D eigenvalue weighted by Crippen LogP contribution is -2.27. The van der Waals surface area contributed by atoms with Gasteiger partial charge in [-0.1, -0.05) is 58.5 Å². The van der Waals surface area contributed by atoms with Crippen molar-refractivity contribution < 1.29 is 9.53 Å². The predicted molar refractivity (Wildman–Crippen MR) is 94.2 cm³/mol. The predicted octanol–water partition coefficient (Wildman–Crippen LogP) is 4.07. The summed E-state index contributed by atoms with van der Waals surface area (Å²) >= 11 is 2.23. The number of alkyl halides is 1. The van der Waals surface area contributed by atoms with E-state index in [0.29, 0.717) is 12.1 Å². The van der Waals surface area contributed by atoms with E-state index < -0.39 is 0 Å². The summed E-state index contributed by atoms with van der Waals surface area (Å²) in [4.78, 5) is 12.0. The number of esters is 1. The van der Waals surface area contributed by atoms with Crippen LogP contribution in [-0.2, 0) is 4.74 Å². The quantitative estimate of drug-likeness (QED) is 0.455. The van der Waals surface area contributed by atoms with E-state index in [0.717, 1.165) is 10.1 Å². The summed E-state index contributed by atoms with van der Waals surface area (Å²) in [6.45, 7) is 2.66. The maximum Gasteiger partial charge on any atom is 0.338 e. The van der Waals surface area contributed by atoms with E-state index in [9.17, 15) is 4.79 Å². The summed E-state index contributed by atoms with van der Waals surface area (Å²) in [5, 5.41) is 3.30. The third kappa shape index (κ3) is 5.04. The van der Waals surface area contributed by atoms with E-state index in [2.05, 4.69) is 47.0 Å². The van der Waals surface area contributed by atoms with Crippen molar-refractivity contribution in [2.45, 2.75) is 13.0 Å². The number of hydrogen-bond acceptors (Lipinski definition) is 3. The fraction of sp³-hybridized carbons (Fsp3) is 0.235. The van der Waals surface area contributed by atoms with Crippen LogP contribution in [0.25, 0.3) is 0 Å². The Morgan fingerprint density at radius 2 is 1.81 bits per heavy atom. The highest BCUT2D eigenvalue weighted by atomic mass is 127. The zero-order valence-electron chi connectivity index (χ0n) is 11.9. The molecule has 0 heterocycles. The highest BCUT2D eigenvalue weighted by molar-refractivity contribution is 14.1. The van der Waals surface area contributed by atoms with Gasteiger partial charge < -0.3 is 10.1 Å². The molecule has 2 aromatic rings. The molecule has 0 aliphatic heterocycles. The number of rotatable bonds is 6. The van der Waals surface area contributed by atoms with Gasteiger partial charge in [0.15, 0.2) is 0 Å². The molecule has 4 heteroatoms. The summed E-state index contributed by atoms with van der Waals surface area (Å²) in [5.41, 5.74) is 2.84. The van der Waals surface area contributed by atoms with Crippen molar-refractivity contribution >= 4 is 34.2 Å². The van der Waals surface area contributed by atoms with Crippen LogP contribution in [0, 0.1) is 6.92 Å². The molecule has 0 bridgehead atoms. The molecule has 0 amide bonds. The van der Waals surface area contributed by atoms with Gasteiger partial charge in [-0.3, -0.25) is 0 Å². The first-order chi connectivity index (χ1) is 10.2. The van der Waals surface area contributed by atoms with Gasteiger partial charge in [-0.05, 0) is 31.2 Å². The number of benzene rings is 2. The van der Waals surface area contributed by atoms with Crippen molar-refractivity contribution in [1.29, 1.82) is 0 Å². The second-order valence-corrected chi connectivity index (χ2v) is 5.68. The molecule has 0 spiro atoms. The van der Waals surface area contributed by atoms with E-state index >= 15 is 0 Å². The smallest absolute Gasteiger partial charge is 0.338 e. The molecule has 0 saturated heterocycles. The zero-order chi connectivity index (χ0) is 15.1. The van der Waals surface area contributed by atoms with Crippen LogP contribution in [0.5, 0.6) is 0 Å². The van der Waals surface area contributed by atoms with Gasteiger partial charge in [0.2, 0.25) is 0 Å². The molecular weight excluding hydrogens is 377 g/mol. The Morgan fingerprint density at radius 1 is 1.14 bits per heavy atom. The minimum Gasteiger partial charge on any atom is -0.456 e. The van der Waals surface area contributed by atoms with Gasteiger partial charge in [0.1, 0.15) is 6.10 Å². The average molecular weight is 395 g/mol. The lowest BCUT2D eigenvalue weighted by atomic mass is 10.2. The molecule has 2 rings (SSSR count). The van der Waals surface area contributed by atoms with Gasteiger partial charge in [-0.25, -0.2) is 4.79 Å². The lowest BCUT2D eigenvalue weighted by Gasteiger charge is -2.17. The van der Waals surface area contributed by atoms with E-state index in [-0.39, 0.29) is 12.1 Å². The van der Waals surface area contributed by atoms with E-state index in [1.54, 1.807) is 12.1 Å². The second-order valence-electron chi connectivity index (χ2n) is 4.79. The molecule has 0 radical (unpaired) electrons. The Hall–Kier alpha value is -1.56.